The number of rotatable bonds is 11. The molecule has 10 heteroatoms. The molecular weight excluding hydrogens is 602 g/mol. The summed E-state index contributed by atoms with van der Waals surface area (Å²) in [6.07, 6.45) is 0.730. The molecule has 0 aliphatic heterocycles. The lowest BCUT2D eigenvalue weighted by Gasteiger charge is -2.32. The van der Waals surface area contributed by atoms with Gasteiger partial charge in [-0.25, -0.2) is 8.42 Å². The maximum Gasteiger partial charge on any atom is 0.264 e. The average molecular weight is 635 g/mol. The number of para-hydroxylation sites is 1. The van der Waals surface area contributed by atoms with E-state index >= 15 is 0 Å². The fraction of sp³-hybridized carbons (Fsp3) is 0.310. The first-order valence-electron chi connectivity index (χ1n) is 12.6. The monoisotopic (exact) mass is 633 g/mol. The smallest absolute Gasteiger partial charge is 0.264 e. The molecule has 0 spiro atoms. The second kappa shape index (κ2) is 13.5. The number of carbonyl (C=O) groups excluding carboxylic acids is 2. The van der Waals surface area contributed by atoms with E-state index in [0.717, 1.165) is 26.3 Å². The minimum absolute atomic E-state index is 0.0304. The van der Waals surface area contributed by atoms with Crippen molar-refractivity contribution in [1.29, 1.82) is 0 Å². The van der Waals surface area contributed by atoms with Crippen LogP contribution in [-0.2, 0) is 26.2 Å². The molecule has 3 rings (SSSR count). The highest BCUT2D eigenvalue weighted by Gasteiger charge is 2.33. The van der Waals surface area contributed by atoms with Gasteiger partial charge in [0.05, 0.1) is 15.6 Å². The third-order valence-corrected chi connectivity index (χ3v) is 9.07. The van der Waals surface area contributed by atoms with Crippen LogP contribution in [0, 0.1) is 6.92 Å². The lowest BCUT2D eigenvalue weighted by molar-refractivity contribution is -0.139. The van der Waals surface area contributed by atoms with E-state index in [1.54, 1.807) is 43.3 Å². The number of hydrogen-bond donors (Lipinski definition) is 1. The molecule has 0 saturated carbocycles. The van der Waals surface area contributed by atoms with Crippen molar-refractivity contribution in [3.63, 3.8) is 0 Å². The van der Waals surface area contributed by atoms with Gasteiger partial charge in [0.2, 0.25) is 11.8 Å². The third kappa shape index (κ3) is 7.84. The Bertz CT molecular complexity index is 1400. The predicted octanol–water partition coefficient (Wildman–Crippen LogP) is 5.94. The maximum absolute atomic E-state index is 13.9. The van der Waals surface area contributed by atoms with Crippen LogP contribution >= 0.6 is 27.5 Å². The molecule has 3 aromatic rings. The molecule has 208 valence electrons. The number of benzene rings is 3. The average Bonchev–Trinajstić information content (AvgIpc) is 2.91. The molecule has 0 fully saturated rings. The van der Waals surface area contributed by atoms with E-state index in [9.17, 15) is 18.0 Å². The molecule has 39 heavy (non-hydrogen) atoms. The Morgan fingerprint density at radius 3 is 2.18 bits per heavy atom. The van der Waals surface area contributed by atoms with Gasteiger partial charge in [-0.3, -0.25) is 13.9 Å². The highest BCUT2D eigenvalue weighted by molar-refractivity contribution is 9.10. The van der Waals surface area contributed by atoms with Crippen LogP contribution in [-0.4, -0.2) is 43.8 Å². The van der Waals surface area contributed by atoms with Crippen LogP contribution in [0.5, 0.6) is 0 Å². The molecule has 0 aliphatic carbocycles. The summed E-state index contributed by atoms with van der Waals surface area (Å²) in [5.41, 5.74) is 1.87. The van der Waals surface area contributed by atoms with E-state index in [1.807, 2.05) is 45.0 Å². The second-order valence-electron chi connectivity index (χ2n) is 9.42. The molecule has 0 aliphatic rings. The van der Waals surface area contributed by atoms with Gasteiger partial charge in [0.1, 0.15) is 12.6 Å². The van der Waals surface area contributed by atoms with Gasteiger partial charge in [-0.2, -0.15) is 0 Å². The van der Waals surface area contributed by atoms with Gasteiger partial charge in [0.25, 0.3) is 10.0 Å². The Labute approximate surface area is 244 Å². The zero-order valence-corrected chi connectivity index (χ0v) is 25.6. The zero-order valence-electron chi connectivity index (χ0n) is 22.4. The minimum atomic E-state index is -4.17. The molecular formula is C29H33BrClN3O4S. The van der Waals surface area contributed by atoms with Crippen molar-refractivity contribution in [3.8, 4) is 0 Å². The second-order valence-corrected chi connectivity index (χ2v) is 12.6. The molecule has 0 saturated heterocycles. The van der Waals surface area contributed by atoms with Gasteiger partial charge in [-0.05, 0) is 69.2 Å². The van der Waals surface area contributed by atoms with Crippen LogP contribution in [0.1, 0.15) is 38.3 Å². The van der Waals surface area contributed by atoms with Gasteiger partial charge in [0, 0.05) is 17.1 Å². The molecule has 1 N–H and O–H groups in total. The van der Waals surface area contributed by atoms with Gasteiger partial charge in [0.15, 0.2) is 0 Å². The lowest BCUT2D eigenvalue weighted by atomic mass is 10.1. The topological polar surface area (TPSA) is 86.8 Å². The minimum Gasteiger partial charge on any atom is -0.352 e. The van der Waals surface area contributed by atoms with Crippen molar-refractivity contribution in [2.24, 2.45) is 0 Å². The van der Waals surface area contributed by atoms with E-state index in [-0.39, 0.29) is 34.1 Å². The highest BCUT2D eigenvalue weighted by Crippen LogP contribution is 2.31. The number of aryl methyl sites for hydroxylation is 1. The van der Waals surface area contributed by atoms with Crippen LogP contribution in [0.25, 0.3) is 0 Å². The number of nitrogens with zero attached hydrogens (tertiary/aromatic N) is 2. The summed E-state index contributed by atoms with van der Waals surface area (Å²) < 4.78 is 29.6. The highest BCUT2D eigenvalue weighted by atomic mass is 79.9. The number of halogens is 2. The molecule has 2 amide bonds. The van der Waals surface area contributed by atoms with Crippen LogP contribution in [0.3, 0.4) is 0 Å². The van der Waals surface area contributed by atoms with Crippen molar-refractivity contribution < 1.29 is 18.0 Å². The summed E-state index contributed by atoms with van der Waals surface area (Å²) in [5.74, 6) is -0.860. The number of sulfonamides is 1. The van der Waals surface area contributed by atoms with E-state index in [1.165, 1.54) is 17.0 Å². The van der Waals surface area contributed by atoms with Gasteiger partial charge in [-0.1, -0.05) is 76.4 Å². The standard InChI is InChI=1S/C29H33BrClN3O4S/c1-5-21(3)32-29(36)22(4)33(18-23-12-14-24(30)15-13-23)28(35)19-34(27-9-7-6-8-26(27)31)39(37,38)25-16-10-20(2)11-17-25/h6-17,21-22H,5,18-19H2,1-4H3,(H,32,36)/t21-,22-/m0/s1. The summed E-state index contributed by atoms with van der Waals surface area (Å²) in [6, 6.07) is 19.3. The zero-order chi connectivity index (χ0) is 28.7. The summed E-state index contributed by atoms with van der Waals surface area (Å²) in [6.45, 7) is 6.91. The first kappa shape index (κ1) is 30.7. The summed E-state index contributed by atoms with van der Waals surface area (Å²) >= 11 is 9.84. The number of hydrogen-bond acceptors (Lipinski definition) is 4. The SMILES string of the molecule is CC[C@H](C)NC(=O)[C@H](C)N(Cc1ccc(Br)cc1)C(=O)CN(c1ccccc1Cl)S(=O)(=O)c1ccc(C)cc1. The van der Waals surface area contributed by atoms with Crippen molar-refractivity contribution in [2.75, 3.05) is 10.8 Å². The molecule has 0 heterocycles. The summed E-state index contributed by atoms with van der Waals surface area (Å²) in [7, 11) is -4.17. The Kier molecular flexibility index (Phi) is 10.6. The van der Waals surface area contributed by atoms with E-state index < -0.39 is 28.5 Å². The molecule has 0 unspecified atom stereocenters. The Morgan fingerprint density at radius 1 is 0.974 bits per heavy atom. The number of anilines is 1. The molecule has 0 radical (unpaired) electrons. The van der Waals surface area contributed by atoms with Crippen LogP contribution in [0.2, 0.25) is 5.02 Å². The largest absolute Gasteiger partial charge is 0.352 e. The van der Waals surface area contributed by atoms with Crippen LogP contribution < -0.4 is 9.62 Å². The molecule has 0 aromatic heterocycles. The Hall–Kier alpha value is -2.88. The number of amides is 2. The fourth-order valence-electron chi connectivity index (χ4n) is 3.84. The van der Waals surface area contributed by atoms with Crippen molar-refractivity contribution >= 4 is 55.1 Å². The van der Waals surface area contributed by atoms with E-state index in [0.29, 0.717) is 0 Å². The molecule has 2 atom stereocenters. The Morgan fingerprint density at radius 2 is 1.59 bits per heavy atom. The predicted molar refractivity (Wildman–Crippen MR) is 159 cm³/mol. The normalized spacial score (nSPS) is 12.9. The first-order chi connectivity index (χ1) is 18.4. The molecule has 0 bridgehead atoms. The van der Waals surface area contributed by atoms with Gasteiger partial charge >= 0.3 is 0 Å². The van der Waals surface area contributed by atoms with E-state index in [2.05, 4.69) is 21.2 Å². The van der Waals surface area contributed by atoms with Gasteiger partial charge in [-0.15, -0.1) is 0 Å². The van der Waals surface area contributed by atoms with Gasteiger partial charge < -0.3 is 10.2 Å². The summed E-state index contributed by atoms with van der Waals surface area (Å²) in [5, 5.41) is 3.11. The third-order valence-electron chi connectivity index (χ3n) is 6.44. The molecule has 3 aromatic carbocycles. The maximum atomic E-state index is 13.9. The summed E-state index contributed by atoms with van der Waals surface area (Å²) in [4.78, 5) is 28.5. The van der Waals surface area contributed by atoms with Crippen molar-refractivity contribution in [3.05, 3.63) is 93.4 Å². The quantitative estimate of drug-likeness (QED) is 0.283. The fourth-order valence-corrected chi connectivity index (χ4v) is 5.82. The first-order valence-corrected chi connectivity index (χ1v) is 15.2. The van der Waals surface area contributed by atoms with Crippen LogP contribution in [0.4, 0.5) is 5.69 Å². The number of nitrogens with one attached hydrogen (secondary N) is 1. The lowest BCUT2D eigenvalue weighted by Crippen LogP contribution is -2.52. The van der Waals surface area contributed by atoms with E-state index in [4.69, 9.17) is 11.6 Å². The van der Waals surface area contributed by atoms with Crippen molar-refractivity contribution in [1.82, 2.24) is 10.2 Å². The Balaban J connectivity index is 2.03. The van der Waals surface area contributed by atoms with Crippen LogP contribution in [0.15, 0.2) is 82.2 Å². The number of carbonyl (C=O) groups is 2. The van der Waals surface area contributed by atoms with Crippen molar-refractivity contribution in [2.45, 2.75) is 57.6 Å². The molecule has 7 nitrogen and oxygen atoms in total.